The van der Waals surface area contributed by atoms with E-state index < -0.39 is 23.4 Å². The van der Waals surface area contributed by atoms with E-state index >= 15 is 0 Å². The van der Waals surface area contributed by atoms with Crippen LogP contribution in [-0.2, 0) is 11.2 Å². The topological polar surface area (TPSA) is 102 Å². The van der Waals surface area contributed by atoms with Gasteiger partial charge < -0.3 is 25.4 Å². The maximum absolute atomic E-state index is 13.8. The van der Waals surface area contributed by atoms with E-state index in [1.807, 2.05) is 6.07 Å². The number of carbonyl (C=O) groups is 2. The highest BCUT2D eigenvalue weighted by molar-refractivity contribution is 5.93. The van der Waals surface area contributed by atoms with Crippen LogP contribution in [0.1, 0.15) is 23.5 Å². The molecule has 2 aliphatic heterocycles. The number of para-hydroxylation sites is 1. The van der Waals surface area contributed by atoms with Crippen LogP contribution in [0.15, 0.2) is 48.7 Å². The van der Waals surface area contributed by atoms with Crippen LogP contribution in [0.4, 0.5) is 25.1 Å². The number of benzene rings is 2. The van der Waals surface area contributed by atoms with Gasteiger partial charge in [-0.1, -0.05) is 6.07 Å². The molecule has 3 atom stereocenters. The van der Waals surface area contributed by atoms with Crippen molar-refractivity contribution < 1.29 is 27.8 Å². The fourth-order valence-corrected chi connectivity index (χ4v) is 4.47. The second-order valence-corrected chi connectivity index (χ2v) is 8.32. The fraction of sp³-hybridized carbons (Fsp3) is 0.208. The molecule has 0 spiro atoms. The van der Waals surface area contributed by atoms with E-state index in [2.05, 4.69) is 20.9 Å². The highest BCUT2D eigenvalue weighted by atomic mass is 19.1. The fourth-order valence-electron chi connectivity index (χ4n) is 4.47. The number of nitrogens with zero attached hydrogens (tertiary/aromatic N) is 1. The highest BCUT2D eigenvalue weighted by Gasteiger charge is 2.59. The van der Waals surface area contributed by atoms with Crippen molar-refractivity contribution in [3.05, 3.63) is 71.4 Å². The van der Waals surface area contributed by atoms with Gasteiger partial charge in [0.15, 0.2) is 0 Å². The van der Waals surface area contributed by atoms with E-state index in [1.165, 1.54) is 6.07 Å². The third kappa shape index (κ3) is 3.47. The minimum atomic E-state index is -0.854. The molecule has 1 aliphatic carbocycles. The Balaban J connectivity index is 1.16. The number of nitrogens with one attached hydrogen (secondary N) is 3. The van der Waals surface area contributed by atoms with Gasteiger partial charge in [-0.2, -0.15) is 0 Å². The van der Waals surface area contributed by atoms with E-state index in [4.69, 9.17) is 9.47 Å². The maximum Gasteiger partial charge on any atom is 0.319 e. The average Bonchev–Trinajstić information content (AvgIpc) is 3.32. The van der Waals surface area contributed by atoms with Crippen molar-refractivity contribution >= 4 is 23.4 Å². The minimum Gasteiger partial charge on any atom is -0.487 e. The summed E-state index contributed by atoms with van der Waals surface area (Å²) in [4.78, 5) is 28.1. The number of urea groups is 1. The molecule has 6 rings (SSSR count). The van der Waals surface area contributed by atoms with Crippen LogP contribution >= 0.6 is 0 Å². The second kappa shape index (κ2) is 7.68. The summed E-state index contributed by atoms with van der Waals surface area (Å²) in [5.41, 5.74) is 1.21. The zero-order valence-corrected chi connectivity index (χ0v) is 17.6. The standard InChI is InChI=1S/C24H18F2N4O4/c25-14-2-1-3-15(26)20(14)29-24(32)30-21-19-13-10-11(4-6-16(13)34-22(19)21)33-17-8-9-27-23-12(17)5-7-18(31)28-23/h1-4,6,8-10,19,21-22H,5,7H2,(H,27,28,31)(H2,29,30,32)/t19-,21+,22-/m0/s1. The van der Waals surface area contributed by atoms with E-state index in [0.717, 1.165) is 23.3 Å². The van der Waals surface area contributed by atoms with Crippen molar-refractivity contribution in [1.29, 1.82) is 0 Å². The van der Waals surface area contributed by atoms with Crippen LogP contribution in [0.2, 0.25) is 0 Å². The molecule has 1 fully saturated rings. The molecule has 3 aliphatic rings. The molecule has 3 amide bonds. The second-order valence-electron chi connectivity index (χ2n) is 8.32. The van der Waals surface area contributed by atoms with Gasteiger partial charge >= 0.3 is 6.03 Å². The Hall–Kier alpha value is -4.21. The Kier molecular flexibility index (Phi) is 4.61. The van der Waals surface area contributed by atoms with Crippen LogP contribution in [0.3, 0.4) is 0 Å². The van der Waals surface area contributed by atoms with E-state index in [-0.39, 0.29) is 24.0 Å². The zero-order chi connectivity index (χ0) is 23.4. The number of hydrogen-bond donors (Lipinski definition) is 3. The SMILES string of the molecule is O=C1CCc2c(Oc3ccc4c(c3)[C@H]3[C@@H](NC(=O)Nc5c(F)cccc5F)[C@H]3O4)ccnc2N1. The molecule has 172 valence electrons. The third-order valence-corrected chi connectivity index (χ3v) is 6.16. The molecule has 8 nitrogen and oxygen atoms in total. The number of pyridine rings is 1. The van der Waals surface area contributed by atoms with Gasteiger partial charge in [0.1, 0.15) is 46.5 Å². The molecule has 3 heterocycles. The van der Waals surface area contributed by atoms with Gasteiger partial charge in [-0.25, -0.2) is 18.6 Å². The van der Waals surface area contributed by atoms with E-state index in [1.54, 1.807) is 24.4 Å². The summed E-state index contributed by atoms with van der Waals surface area (Å²) in [6.45, 7) is 0. The molecule has 0 radical (unpaired) electrons. The summed E-state index contributed by atoms with van der Waals surface area (Å²) in [6.07, 6.45) is 2.21. The molecule has 1 aromatic heterocycles. The molecule has 3 aromatic rings. The van der Waals surface area contributed by atoms with Gasteiger partial charge in [0, 0.05) is 23.7 Å². The summed E-state index contributed by atoms with van der Waals surface area (Å²) >= 11 is 0. The zero-order valence-electron chi connectivity index (χ0n) is 17.6. The first-order chi connectivity index (χ1) is 16.5. The predicted molar refractivity (Wildman–Crippen MR) is 117 cm³/mol. The minimum absolute atomic E-state index is 0.0769. The number of aromatic nitrogens is 1. The lowest BCUT2D eigenvalue weighted by Gasteiger charge is -2.19. The largest absolute Gasteiger partial charge is 0.487 e. The number of fused-ring (bicyclic) bond motifs is 4. The summed E-state index contributed by atoms with van der Waals surface area (Å²) in [5.74, 6) is 0.508. The lowest BCUT2D eigenvalue weighted by atomic mass is 10.1. The van der Waals surface area contributed by atoms with Gasteiger partial charge in [-0.05, 0) is 42.8 Å². The molecule has 10 heteroatoms. The molecule has 1 saturated carbocycles. The Labute approximate surface area is 192 Å². The third-order valence-electron chi connectivity index (χ3n) is 6.16. The highest BCUT2D eigenvalue weighted by Crippen LogP contribution is 2.54. The lowest BCUT2D eigenvalue weighted by Crippen LogP contribution is -2.34. The van der Waals surface area contributed by atoms with Gasteiger partial charge in [0.05, 0.1) is 12.0 Å². The molecular formula is C24H18F2N4O4. The number of carbonyl (C=O) groups excluding carboxylic acids is 2. The van der Waals surface area contributed by atoms with Crippen molar-refractivity contribution in [2.75, 3.05) is 10.6 Å². The summed E-state index contributed by atoms with van der Waals surface area (Å²) in [5, 5.41) is 7.69. The smallest absolute Gasteiger partial charge is 0.319 e. The van der Waals surface area contributed by atoms with Crippen molar-refractivity contribution in [3.8, 4) is 17.2 Å². The van der Waals surface area contributed by atoms with E-state index in [0.29, 0.717) is 35.9 Å². The van der Waals surface area contributed by atoms with Crippen LogP contribution in [0, 0.1) is 11.6 Å². The number of rotatable bonds is 4. The Morgan fingerprint density at radius 2 is 1.97 bits per heavy atom. The number of ether oxygens (including phenoxy) is 2. The Morgan fingerprint density at radius 1 is 1.15 bits per heavy atom. The molecule has 0 unspecified atom stereocenters. The van der Waals surface area contributed by atoms with E-state index in [9.17, 15) is 18.4 Å². The van der Waals surface area contributed by atoms with Gasteiger partial charge in [-0.3, -0.25) is 4.79 Å². The van der Waals surface area contributed by atoms with Gasteiger partial charge in [0.2, 0.25) is 5.91 Å². The number of halogens is 2. The summed E-state index contributed by atoms with van der Waals surface area (Å²) < 4.78 is 39.6. The average molecular weight is 464 g/mol. The summed E-state index contributed by atoms with van der Waals surface area (Å²) in [7, 11) is 0. The van der Waals surface area contributed by atoms with Crippen molar-refractivity contribution in [2.45, 2.75) is 30.9 Å². The molecule has 0 saturated heterocycles. The number of amides is 3. The van der Waals surface area contributed by atoms with Gasteiger partial charge in [-0.15, -0.1) is 0 Å². The van der Waals surface area contributed by atoms with Crippen molar-refractivity contribution in [2.24, 2.45) is 0 Å². The predicted octanol–water partition coefficient (Wildman–Crippen LogP) is 4.09. The van der Waals surface area contributed by atoms with Crippen molar-refractivity contribution in [3.63, 3.8) is 0 Å². The molecule has 0 bridgehead atoms. The molecule has 2 aromatic carbocycles. The first-order valence-electron chi connectivity index (χ1n) is 10.8. The first kappa shape index (κ1) is 20.4. The normalized spacial score (nSPS) is 21.4. The Morgan fingerprint density at radius 3 is 2.79 bits per heavy atom. The van der Waals surface area contributed by atoms with Crippen LogP contribution < -0.4 is 25.4 Å². The van der Waals surface area contributed by atoms with Crippen LogP contribution in [0.5, 0.6) is 17.2 Å². The molecule has 34 heavy (non-hydrogen) atoms. The quantitative estimate of drug-likeness (QED) is 0.540. The maximum atomic E-state index is 13.8. The summed E-state index contributed by atoms with van der Waals surface area (Å²) in [6, 6.07) is 9.50. The molecule has 3 N–H and O–H groups in total. The Bertz CT molecular complexity index is 1330. The lowest BCUT2D eigenvalue weighted by molar-refractivity contribution is -0.116. The van der Waals surface area contributed by atoms with Crippen LogP contribution in [0.25, 0.3) is 0 Å². The first-order valence-corrected chi connectivity index (χ1v) is 10.8. The molecular weight excluding hydrogens is 446 g/mol. The monoisotopic (exact) mass is 464 g/mol. The number of anilines is 2. The van der Waals surface area contributed by atoms with Gasteiger partial charge in [0.25, 0.3) is 0 Å². The van der Waals surface area contributed by atoms with Crippen molar-refractivity contribution in [1.82, 2.24) is 10.3 Å². The number of hydrogen-bond acceptors (Lipinski definition) is 5. The van der Waals surface area contributed by atoms with Crippen LogP contribution in [-0.4, -0.2) is 29.1 Å².